The fraction of sp³-hybridized carbons (Fsp3) is 0.212. The van der Waals surface area contributed by atoms with E-state index in [0.717, 1.165) is 27.3 Å². The molecule has 3 atom stereocenters. The normalized spacial score (nSPS) is 20.2. The minimum absolute atomic E-state index is 0.0187. The molecule has 208 valence electrons. The second kappa shape index (κ2) is 11.9. The zero-order valence-corrected chi connectivity index (χ0v) is 23.3. The van der Waals surface area contributed by atoms with Gasteiger partial charge in [-0.2, -0.15) is 0 Å². The smallest absolute Gasteiger partial charge is 0.266 e. The number of carbonyl (C=O) groups excluding carboxylic acids is 2. The highest BCUT2D eigenvalue weighted by atomic mass is 32.2. The Morgan fingerprint density at radius 1 is 0.829 bits per heavy atom. The number of aliphatic hydroxyl groups is 1. The number of para-hydroxylation sites is 1. The minimum Gasteiger partial charge on any atom is -0.496 e. The summed E-state index contributed by atoms with van der Waals surface area (Å²) in [5.41, 5.74) is 3.94. The van der Waals surface area contributed by atoms with Gasteiger partial charge in [-0.25, -0.2) is 4.90 Å². The summed E-state index contributed by atoms with van der Waals surface area (Å²) in [6, 6.07) is 29.7. The predicted octanol–water partition coefficient (Wildman–Crippen LogP) is 6.33. The van der Waals surface area contributed by atoms with E-state index in [4.69, 9.17) is 14.2 Å². The molecule has 0 saturated carbocycles. The highest BCUT2D eigenvalue weighted by Crippen LogP contribution is 2.41. The van der Waals surface area contributed by atoms with Crippen LogP contribution < -0.4 is 9.64 Å². The maximum Gasteiger partial charge on any atom is 0.266 e. The van der Waals surface area contributed by atoms with Crippen molar-refractivity contribution in [3.63, 3.8) is 0 Å². The third-order valence-corrected chi connectivity index (χ3v) is 8.51. The van der Waals surface area contributed by atoms with Crippen molar-refractivity contribution >= 4 is 29.3 Å². The number of anilines is 1. The van der Waals surface area contributed by atoms with E-state index < -0.39 is 6.29 Å². The molecule has 0 aromatic heterocycles. The highest BCUT2D eigenvalue weighted by molar-refractivity contribution is 7.99. The van der Waals surface area contributed by atoms with Crippen molar-refractivity contribution < 1.29 is 28.9 Å². The van der Waals surface area contributed by atoms with Crippen LogP contribution in [0.4, 0.5) is 5.69 Å². The van der Waals surface area contributed by atoms with Crippen LogP contribution >= 0.6 is 11.8 Å². The molecular formula is C33H29NO6S. The van der Waals surface area contributed by atoms with E-state index >= 15 is 0 Å². The fourth-order valence-corrected chi connectivity index (χ4v) is 6.20. The van der Waals surface area contributed by atoms with Gasteiger partial charge >= 0.3 is 0 Å². The lowest BCUT2D eigenvalue weighted by Gasteiger charge is -2.36. The molecule has 6 rings (SSSR count). The summed E-state index contributed by atoms with van der Waals surface area (Å²) < 4.78 is 18.4. The van der Waals surface area contributed by atoms with Crippen LogP contribution in [-0.4, -0.2) is 35.9 Å². The first-order valence-corrected chi connectivity index (χ1v) is 14.4. The fourth-order valence-electron chi connectivity index (χ4n) is 5.15. The van der Waals surface area contributed by atoms with E-state index in [2.05, 4.69) is 0 Å². The summed E-state index contributed by atoms with van der Waals surface area (Å²) in [4.78, 5) is 28.1. The van der Waals surface area contributed by atoms with Gasteiger partial charge in [-0.05, 0) is 47.5 Å². The monoisotopic (exact) mass is 567 g/mol. The number of rotatable bonds is 8. The van der Waals surface area contributed by atoms with E-state index in [0.29, 0.717) is 29.0 Å². The highest BCUT2D eigenvalue weighted by Gasteiger charge is 2.37. The molecule has 4 aromatic rings. The van der Waals surface area contributed by atoms with Crippen molar-refractivity contribution in [2.75, 3.05) is 17.8 Å². The number of benzene rings is 4. The van der Waals surface area contributed by atoms with Crippen molar-refractivity contribution in [1.82, 2.24) is 0 Å². The maximum absolute atomic E-state index is 12.9. The zero-order chi connectivity index (χ0) is 28.3. The van der Waals surface area contributed by atoms with Crippen LogP contribution in [0.1, 0.15) is 56.2 Å². The second-order valence-electron chi connectivity index (χ2n) is 9.89. The molecule has 1 N–H and O–H groups in total. The molecular weight excluding hydrogens is 538 g/mol. The van der Waals surface area contributed by atoms with E-state index in [1.165, 1.54) is 4.90 Å². The third kappa shape index (κ3) is 5.52. The molecule has 8 heteroatoms. The van der Waals surface area contributed by atoms with E-state index in [9.17, 15) is 14.7 Å². The Morgan fingerprint density at radius 3 is 2.12 bits per heavy atom. The van der Waals surface area contributed by atoms with Gasteiger partial charge in [0.05, 0.1) is 42.7 Å². The van der Waals surface area contributed by atoms with Crippen molar-refractivity contribution in [3.8, 4) is 5.75 Å². The van der Waals surface area contributed by atoms with Crippen molar-refractivity contribution in [2.45, 2.75) is 36.4 Å². The van der Waals surface area contributed by atoms with Crippen LogP contribution in [0, 0.1) is 0 Å². The Morgan fingerprint density at radius 2 is 1.46 bits per heavy atom. The Balaban J connectivity index is 1.23. The van der Waals surface area contributed by atoms with Gasteiger partial charge in [0.15, 0.2) is 6.29 Å². The van der Waals surface area contributed by atoms with Gasteiger partial charge < -0.3 is 19.3 Å². The van der Waals surface area contributed by atoms with Gasteiger partial charge in [0.1, 0.15) is 5.75 Å². The number of thioether (sulfide) groups is 1. The number of hydrogen-bond donors (Lipinski definition) is 1. The van der Waals surface area contributed by atoms with Gasteiger partial charge in [-0.1, -0.05) is 60.7 Å². The molecule has 0 aliphatic carbocycles. The summed E-state index contributed by atoms with van der Waals surface area (Å²) in [5.74, 6) is 0.853. The van der Waals surface area contributed by atoms with E-state index in [1.54, 1.807) is 55.3 Å². The number of nitrogens with zero attached hydrogens (tertiary/aromatic N) is 1. The van der Waals surface area contributed by atoms with Crippen LogP contribution in [-0.2, 0) is 16.1 Å². The molecule has 2 heterocycles. The van der Waals surface area contributed by atoms with Gasteiger partial charge in [0, 0.05) is 22.6 Å². The standard InChI is InChI=1S/C33H29NO6S/c1-38-28-8-4-5-9-30(28)41-20-25-18-29(22-12-10-21(19-35)11-13-22)40-33(39-25)23-14-16-24(17-15-23)34-31(36)26-6-2-3-7-27(26)32(34)37/h2-17,25,29,33,35H,18-20H2,1H3. The Labute approximate surface area is 242 Å². The lowest BCUT2D eigenvalue weighted by molar-refractivity contribution is -0.245. The number of hydrogen-bond acceptors (Lipinski definition) is 7. The molecule has 1 saturated heterocycles. The number of amides is 2. The second-order valence-corrected chi connectivity index (χ2v) is 11.0. The summed E-state index contributed by atoms with van der Waals surface area (Å²) in [6.45, 7) is -0.0187. The lowest BCUT2D eigenvalue weighted by atomic mass is 10.0. The number of ether oxygens (including phenoxy) is 3. The molecule has 7 nitrogen and oxygen atoms in total. The minimum atomic E-state index is -0.647. The molecule has 4 aromatic carbocycles. The molecule has 2 aliphatic rings. The van der Waals surface area contributed by atoms with Crippen LogP contribution in [0.15, 0.2) is 102 Å². The molecule has 2 amide bonds. The number of fused-ring (bicyclic) bond motifs is 1. The van der Waals surface area contributed by atoms with E-state index in [1.807, 2.05) is 60.7 Å². The zero-order valence-electron chi connectivity index (χ0n) is 22.4. The van der Waals surface area contributed by atoms with Crippen molar-refractivity contribution in [3.05, 3.63) is 125 Å². The molecule has 41 heavy (non-hydrogen) atoms. The Kier molecular flexibility index (Phi) is 7.89. The SMILES string of the molecule is COc1ccccc1SCC1CC(c2ccc(CO)cc2)OC(c2ccc(N3C(=O)c4ccccc4C3=O)cc2)O1. The summed E-state index contributed by atoms with van der Waals surface area (Å²) in [5, 5.41) is 9.47. The first-order valence-electron chi connectivity index (χ1n) is 13.4. The first-order chi connectivity index (χ1) is 20.1. The molecule has 0 radical (unpaired) electrons. The summed E-state index contributed by atoms with van der Waals surface area (Å²) in [7, 11) is 1.66. The van der Waals surface area contributed by atoms with Gasteiger partial charge in [-0.3, -0.25) is 9.59 Å². The first kappa shape index (κ1) is 27.2. The molecule has 0 bridgehead atoms. The average molecular weight is 568 g/mol. The molecule has 2 aliphatic heterocycles. The van der Waals surface area contributed by atoms with Crippen molar-refractivity contribution in [1.29, 1.82) is 0 Å². The Bertz CT molecular complexity index is 1520. The quantitative estimate of drug-likeness (QED) is 0.197. The van der Waals surface area contributed by atoms with Gasteiger partial charge in [-0.15, -0.1) is 11.8 Å². The van der Waals surface area contributed by atoms with Crippen LogP contribution in [0.5, 0.6) is 5.75 Å². The summed E-state index contributed by atoms with van der Waals surface area (Å²) >= 11 is 1.67. The van der Waals surface area contributed by atoms with Crippen LogP contribution in [0.25, 0.3) is 0 Å². The Hall–Kier alpha value is -3.95. The topological polar surface area (TPSA) is 85.3 Å². The van der Waals surface area contributed by atoms with E-state index in [-0.39, 0.29) is 30.6 Å². The molecule has 1 fully saturated rings. The van der Waals surface area contributed by atoms with Gasteiger partial charge in [0.25, 0.3) is 11.8 Å². The van der Waals surface area contributed by atoms with Crippen molar-refractivity contribution in [2.24, 2.45) is 0 Å². The van der Waals surface area contributed by atoms with Crippen LogP contribution in [0.2, 0.25) is 0 Å². The lowest BCUT2D eigenvalue weighted by Crippen LogP contribution is -2.31. The largest absolute Gasteiger partial charge is 0.496 e. The maximum atomic E-state index is 12.9. The number of carbonyl (C=O) groups is 2. The van der Waals surface area contributed by atoms with Gasteiger partial charge in [0.2, 0.25) is 0 Å². The average Bonchev–Trinajstić information content (AvgIpc) is 3.29. The number of aliphatic hydroxyl groups excluding tert-OH is 1. The third-order valence-electron chi connectivity index (χ3n) is 7.33. The molecule has 3 unspecified atom stereocenters. The summed E-state index contributed by atoms with van der Waals surface area (Å²) in [6.07, 6.45) is -0.335. The number of imide groups is 1. The van der Waals surface area contributed by atoms with Crippen LogP contribution in [0.3, 0.4) is 0 Å². The predicted molar refractivity (Wildman–Crippen MR) is 156 cm³/mol. The molecule has 0 spiro atoms. The number of methoxy groups -OCH3 is 1.